The van der Waals surface area contributed by atoms with E-state index in [2.05, 4.69) is 14.9 Å². The number of nitrogens with zero attached hydrogens (tertiary/aromatic N) is 3. The molecule has 1 saturated heterocycles. The first kappa shape index (κ1) is 10.5. The van der Waals surface area contributed by atoms with Gasteiger partial charge in [-0.25, -0.2) is 0 Å². The third kappa shape index (κ3) is 2.97. The van der Waals surface area contributed by atoms with Gasteiger partial charge in [-0.05, 0) is 19.8 Å². The third-order valence-corrected chi connectivity index (χ3v) is 2.85. The zero-order valence-electron chi connectivity index (χ0n) is 9.19. The summed E-state index contributed by atoms with van der Waals surface area (Å²) in [6, 6.07) is 0.394. The van der Waals surface area contributed by atoms with Crippen molar-refractivity contribution in [2.24, 2.45) is 5.73 Å². The Labute approximate surface area is 90.5 Å². The highest BCUT2D eigenvalue weighted by Gasteiger charge is 2.16. The monoisotopic (exact) mass is 206 g/mol. The van der Waals surface area contributed by atoms with Gasteiger partial charge in [0.15, 0.2) is 0 Å². The second-order valence-corrected chi connectivity index (χ2v) is 4.26. The van der Waals surface area contributed by atoms with E-state index >= 15 is 0 Å². The minimum Gasteiger partial charge on any atom is -0.328 e. The van der Waals surface area contributed by atoms with E-state index in [1.54, 1.807) is 0 Å². The molecule has 82 valence electrons. The van der Waals surface area contributed by atoms with Crippen LogP contribution in [-0.4, -0.2) is 34.0 Å². The summed E-state index contributed by atoms with van der Waals surface area (Å²) in [5.41, 5.74) is 7.88. The van der Waals surface area contributed by atoms with Crippen LogP contribution in [0.25, 0.3) is 0 Å². The van der Waals surface area contributed by atoms with Crippen molar-refractivity contribution < 1.29 is 0 Å². The Hall–Kier alpha value is -1.00. The number of piperidine rings is 1. The molecule has 0 spiro atoms. The van der Waals surface area contributed by atoms with Crippen molar-refractivity contribution in [2.45, 2.75) is 32.4 Å². The van der Waals surface area contributed by atoms with Crippen LogP contribution in [0.1, 0.15) is 24.2 Å². The van der Waals surface area contributed by atoms with Crippen molar-refractivity contribution in [1.82, 2.24) is 14.9 Å². The highest BCUT2D eigenvalue weighted by molar-refractivity contribution is 5.00. The zero-order chi connectivity index (χ0) is 10.7. The maximum atomic E-state index is 5.86. The molecule has 4 heteroatoms. The van der Waals surface area contributed by atoms with E-state index in [9.17, 15) is 0 Å². The third-order valence-electron chi connectivity index (χ3n) is 2.85. The lowest BCUT2D eigenvalue weighted by Crippen LogP contribution is -2.39. The van der Waals surface area contributed by atoms with E-state index in [0.29, 0.717) is 6.04 Å². The molecule has 0 aliphatic carbocycles. The summed E-state index contributed by atoms with van der Waals surface area (Å²) in [4.78, 5) is 11.0. The SMILES string of the molecule is Cc1cnc(CN2CCC(N)CC2)cn1. The fourth-order valence-corrected chi connectivity index (χ4v) is 1.84. The van der Waals surface area contributed by atoms with Gasteiger partial charge in [0.05, 0.1) is 11.4 Å². The molecule has 4 nitrogen and oxygen atoms in total. The van der Waals surface area contributed by atoms with Gasteiger partial charge in [0.1, 0.15) is 0 Å². The van der Waals surface area contributed by atoms with Gasteiger partial charge in [0.2, 0.25) is 0 Å². The van der Waals surface area contributed by atoms with Crippen LogP contribution in [-0.2, 0) is 6.54 Å². The normalized spacial score (nSPS) is 19.3. The van der Waals surface area contributed by atoms with Gasteiger partial charge in [-0.15, -0.1) is 0 Å². The molecule has 0 saturated carbocycles. The molecule has 0 bridgehead atoms. The van der Waals surface area contributed by atoms with Crippen molar-refractivity contribution in [3.8, 4) is 0 Å². The predicted molar refractivity (Wildman–Crippen MR) is 59.3 cm³/mol. The molecule has 0 radical (unpaired) electrons. The van der Waals surface area contributed by atoms with Gasteiger partial charge < -0.3 is 5.73 Å². The Bertz CT molecular complexity index is 301. The van der Waals surface area contributed by atoms with Crippen LogP contribution in [0.3, 0.4) is 0 Å². The van der Waals surface area contributed by atoms with Crippen molar-refractivity contribution >= 4 is 0 Å². The second kappa shape index (κ2) is 4.68. The molecular weight excluding hydrogens is 188 g/mol. The average Bonchev–Trinajstić information content (AvgIpc) is 2.25. The molecule has 0 aromatic carbocycles. The van der Waals surface area contributed by atoms with E-state index in [0.717, 1.165) is 43.9 Å². The molecule has 2 N–H and O–H groups in total. The first-order valence-electron chi connectivity index (χ1n) is 5.49. The zero-order valence-corrected chi connectivity index (χ0v) is 9.19. The molecule has 1 aromatic rings. The lowest BCUT2D eigenvalue weighted by Gasteiger charge is -2.29. The molecule has 1 aliphatic heterocycles. The maximum Gasteiger partial charge on any atom is 0.0727 e. The van der Waals surface area contributed by atoms with Crippen molar-refractivity contribution in [2.75, 3.05) is 13.1 Å². The first-order valence-corrected chi connectivity index (χ1v) is 5.49. The lowest BCUT2D eigenvalue weighted by molar-refractivity contribution is 0.203. The summed E-state index contributed by atoms with van der Waals surface area (Å²) in [7, 11) is 0. The summed E-state index contributed by atoms with van der Waals surface area (Å²) >= 11 is 0. The molecule has 0 unspecified atom stereocenters. The highest BCUT2D eigenvalue weighted by Crippen LogP contribution is 2.10. The number of rotatable bonds is 2. The number of likely N-dealkylation sites (tertiary alicyclic amines) is 1. The number of aromatic nitrogens is 2. The van der Waals surface area contributed by atoms with Gasteiger partial charge in [0, 0.05) is 38.1 Å². The molecule has 1 aliphatic rings. The largest absolute Gasteiger partial charge is 0.328 e. The van der Waals surface area contributed by atoms with Crippen LogP contribution in [0.5, 0.6) is 0 Å². The summed E-state index contributed by atoms with van der Waals surface area (Å²) in [5.74, 6) is 0. The highest BCUT2D eigenvalue weighted by atomic mass is 15.1. The van der Waals surface area contributed by atoms with Crippen LogP contribution in [0.4, 0.5) is 0 Å². The lowest BCUT2D eigenvalue weighted by atomic mass is 10.1. The minimum atomic E-state index is 0.394. The fraction of sp³-hybridized carbons (Fsp3) is 0.636. The summed E-state index contributed by atoms with van der Waals surface area (Å²) in [6.07, 6.45) is 5.88. The van der Waals surface area contributed by atoms with E-state index < -0.39 is 0 Å². The van der Waals surface area contributed by atoms with E-state index in [-0.39, 0.29) is 0 Å². The molecule has 1 fully saturated rings. The smallest absolute Gasteiger partial charge is 0.0727 e. The first-order chi connectivity index (χ1) is 7.24. The van der Waals surface area contributed by atoms with Crippen LogP contribution >= 0.6 is 0 Å². The van der Waals surface area contributed by atoms with Gasteiger partial charge >= 0.3 is 0 Å². The van der Waals surface area contributed by atoms with Crippen LogP contribution in [0, 0.1) is 6.92 Å². The topological polar surface area (TPSA) is 55.0 Å². The Balaban J connectivity index is 1.89. The molecule has 2 heterocycles. The molecule has 1 aromatic heterocycles. The average molecular weight is 206 g/mol. The van der Waals surface area contributed by atoms with Crippen LogP contribution in [0.2, 0.25) is 0 Å². The molecule has 0 atom stereocenters. The van der Waals surface area contributed by atoms with Gasteiger partial charge in [-0.2, -0.15) is 0 Å². The van der Waals surface area contributed by atoms with Gasteiger partial charge in [-0.1, -0.05) is 0 Å². The number of hydrogen-bond donors (Lipinski definition) is 1. The summed E-state index contributed by atoms with van der Waals surface area (Å²) in [6.45, 7) is 5.02. The van der Waals surface area contributed by atoms with E-state index in [1.807, 2.05) is 19.3 Å². The maximum absolute atomic E-state index is 5.86. The van der Waals surface area contributed by atoms with Crippen LogP contribution in [0.15, 0.2) is 12.4 Å². The Morgan fingerprint density at radius 1 is 1.33 bits per heavy atom. The van der Waals surface area contributed by atoms with Crippen molar-refractivity contribution in [1.29, 1.82) is 0 Å². The van der Waals surface area contributed by atoms with E-state index in [1.165, 1.54) is 0 Å². The minimum absolute atomic E-state index is 0.394. The fourth-order valence-electron chi connectivity index (χ4n) is 1.84. The Morgan fingerprint density at radius 2 is 2.07 bits per heavy atom. The van der Waals surface area contributed by atoms with Crippen LogP contribution < -0.4 is 5.73 Å². The second-order valence-electron chi connectivity index (χ2n) is 4.26. The molecule has 0 amide bonds. The molecular formula is C11H18N4. The van der Waals surface area contributed by atoms with E-state index in [4.69, 9.17) is 5.73 Å². The quantitative estimate of drug-likeness (QED) is 0.774. The number of aryl methyl sites for hydroxylation is 1. The summed E-state index contributed by atoms with van der Waals surface area (Å²) in [5, 5.41) is 0. The predicted octanol–water partition coefficient (Wildman–Crippen LogP) is 0.708. The van der Waals surface area contributed by atoms with Crippen molar-refractivity contribution in [3.63, 3.8) is 0 Å². The van der Waals surface area contributed by atoms with Gasteiger partial charge in [-0.3, -0.25) is 14.9 Å². The Morgan fingerprint density at radius 3 is 2.67 bits per heavy atom. The number of hydrogen-bond acceptors (Lipinski definition) is 4. The molecule has 2 rings (SSSR count). The van der Waals surface area contributed by atoms with Crippen molar-refractivity contribution in [3.05, 3.63) is 23.8 Å². The molecule has 15 heavy (non-hydrogen) atoms. The van der Waals surface area contributed by atoms with Gasteiger partial charge in [0.25, 0.3) is 0 Å². The number of nitrogens with two attached hydrogens (primary N) is 1. The summed E-state index contributed by atoms with van der Waals surface area (Å²) < 4.78 is 0. The standard InChI is InChI=1S/C11H18N4/c1-9-6-14-11(7-13-9)8-15-4-2-10(12)3-5-15/h6-7,10H,2-5,8,12H2,1H3. The Kier molecular flexibility index (Phi) is 3.28.